The van der Waals surface area contributed by atoms with E-state index < -0.39 is 10.8 Å². The van der Waals surface area contributed by atoms with E-state index in [0.717, 1.165) is 44.2 Å². The Kier molecular flexibility index (Phi) is 4.21. The summed E-state index contributed by atoms with van der Waals surface area (Å²) in [5, 5.41) is 2.24. The summed E-state index contributed by atoms with van der Waals surface area (Å²) in [5.74, 6) is -1.37. The minimum atomic E-state index is -1.05. The quantitative estimate of drug-likeness (QED) is 0.260. The van der Waals surface area contributed by atoms with E-state index in [2.05, 4.69) is 42.5 Å². The SMILES string of the molecule is COC(=O)[C@@]12[C@H]3c4c(c(-c5ccccc5)c5ccccc5c4-c4ccccc4)[C@@H]1C=C[C@]32C(=O)OC. The third-order valence-corrected chi connectivity index (χ3v) is 8.62. The first-order chi connectivity index (χ1) is 17.6. The molecular weight excluding hydrogens is 448 g/mol. The summed E-state index contributed by atoms with van der Waals surface area (Å²) in [4.78, 5) is 27.0. The Bertz CT molecular complexity index is 1600. The Labute approximate surface area is 209 Å². The van der Waals surface area contributed by atoms with E-state index >= 15 is 0 Å². The van der Waals surface area contributed by atoms with Gasteiger partial charge in [-0.2, -0.15) is 0 Å². The molecule has 4 heteroatoms. The summed E-state index contributed by atoms with van der Waals surface area (Å²) in [6.07, 6.45) is 3.95. The minimum Gasteiger partial charge on any atom is -0.469 e. The molecule has 3 aliphatic rings. The Morgan fingerprint density at radius 3 is 1.69 bits per heavy atom. The lowest BCUT2D eigenvalue weighted by molar-refractivity contribution is -0.155. The number of hydrogen-bond acceptors (Lipinski definition) is 4. The zero-order chi connectivity index (χ0) is 24.7. The van der Waals surface area contributed by atoms with Crippen LogP contribution in [0.2, 0.25) is 0 Å². The van der Waals surface area contributed by atoms with Gasteiger partial charge in [-0.15, -0.1) is 0 Å². The van der Waals surface area contributed by atoms with Crippen LogP contribution in [0.5, 0.6) is 0 Å². The highest BCUT2D eigenvalue weighted by Crippen LogP contribution is 2.89. The second kappa shape index (κ2) is 7.17. The van der Waals surface area contributed by atoms with Crippen molar-refractivity contribution in [2.75, 3.05) is 14.2 Å². The molecule has 36 heavy (non-hydrogen) atoms. The lowest BCUT2D eigenvalue weighted by atomic mass is 9.76. The molecule has 1 fully saturated rings. The number of fused-ring (bicyclic) bond motifs is 5. The van der Waals surface area contributed by atoms with Gasteiger partial charge in [0.05, 0.1) is 14.2 Å². The van der Waals surface area contributed by atoms with Gasteiger partial charge < -0.3 is 9.47 Å². The molecule has 176 valence electrons. The summed E-state index contributed by atoms with van der Waals surface area (Å²) in [7, 11) is 2.80. The van der Waals surface area contributed by atoms with Crippen LogP contribution < -0.4 is 0 Å². The van der Waals surface area contributed by atoms with Gasteiger partial charge in [0.15, 0.2) is 0 Å². The van der Waals surface area contributed by atoms with Gasteiger partial charge in [-0.3, -0.25) is 9.59 Å². The molecule has 3 aliphatic carbocycles. The molecular formula is C32H24O4. The normalized spacial score (nSPS) is 26.4. The lowest BCUT2D eigenvalue weighted by Gasteiger charge is -2.26. The van der Waals surface area contributed by atoms with Crippen molar-refractivity contribution in [3.8, 4) is 22.3 Å². The summed E-state index contributed by atoms with van der Waals surface area (Å²) in [6.45, 7) is 0. The van der Waals surface area contributed by atoms with Gasteiger partial charge in [-0.05, 0) is 44.2 Å². The van der Waals surface area contributed by atoms with Crippen LogP contribution >= 0.6 is 0 Å². The molecule has 0 saturated heterocycles. The minimum absolute atomic E-state index is 0.286. The average Bonchev–Trinajstić information content (AvgIpc) is 3.30. The number of benzene rings is 4. The van der Waals surface area contributed by atoms with Crippen LogP contribution in [0, 0.1) is 10.8 Å². The Hall–Kier alpha value is -4.18. The van der Waals surface area contributed by atoms with E-state index in [1.54, 1.807) is 0 Å². The predicted molar refractivity (Wildman–Crippen MR) is 138 cm³/mol. The number of rotatable bonds is 4. The van der Waals surface area contributed by atoms with Crippen molar-refractivity contribution >= 4 is 22.7 Å². The fourth-order valence-electron chi connectivity index (χ4n) is 7.41. The van der Waals surface area contributed by atoms with E-state index in [0.29, 0.717) is 0 Å². The van der Waals surface area contributed by atoms with Crippen molar-refractivity contribution in [2.24, 2.45) is 10.8 Å². The highest BCUT2D eigenvalue weighted by molar-refractivity contribution is 6.13. The molecule has 7 rings (SSSR count). The smallest absolute Gasteiger partial charge is 0.317 e. The van der Waals surface area contributed by atoms with E-state index in [4.69, 9.17) is 9.47 Å². The Morgan fingerprint density at radius 1 is 0.667 bits per heavy atom. The number of allylic oxidation sites excluding steroid dienone is 1. The summed E-state index contributed by atoms with van der Waals surface area (Å²) >= 11 is 0. The Balaban J connectivity index is 1.67. The first-order valence-corrected chi connectivity index (χ1v) is 12.2. The van der Waals surface area contributed by atoms with E-state index in [1.165, 1.54) is 14.2 Å². The molecule has 1 saturated carbocycles. The van der Waals surface area contributed by atoms with Crippen LogP contribution in [0.3, 0.4) is 0 Å². The lowest BCUT2D eigenvalue weighted by Crippen LogP contribution is -2.31. The number of methoxy groups -OCH3 is 2. The third-order valence-electron chi connectivity index (χ3n) is 8.62. The van der Waals surface area contributed by atoms with Crippen LogP contribution in [-0.4, -0.2) is 26.2 Å². The largest absolute Gasteiger partial charge is 0.469 e. The number of carbonyl (C=O) groups is 2. The first-order valence-electron chi connectivity index (χ1n) is 12.2. The van der Waals surface area contributed by atoms with E-state index in [-0.39, 0.29) is 23.8 Å². The van der Waals surface area contributed by atoms with Gasteiger partial charge in [-0.25, -0.2) is 0 Å². The standard InChI is InChI=1S/C32H24O4/c1-35-29(33)31-18-17-23-26-24(19-11-5-3-6-12-19)21-15-9-10-16-22(21)25(20-13-7-4-8-14-20)27(26)28(31)32(23,31)30(34)36-2/h3-18,23,28H,1-2H3/t23-,28-,31+,32-/m0/s1. The summed E-state index contributed by atoms with van der Waals surface area (Å²) in [5.41, 5.74) is 4.45. The van der Waals surface area contributed by atoms with Gasteiger partial charge in [0, 0.05) is 11.8 Å². The highest BCUT2D eigenvalue weighted by Gasteiger charge is 2.92. The number of carbonyl (C=O) groups excluding carboxylic acids is 2. The Morgan fingerprint density at radius 2 is 1.17 bits per heavy atom. The van der Waals surface area contributed by atoms with Gasteiger partial charge in [0.25, 0.3) is 0 Å². The second-order valence-corrected chi connectivity index (χ2v) is 9.85. The molecule has 0 heterocycles. The van der Waals surface area contributed by atoms with Gasteiger partial charge in [0.1, 0.15) is 10.8 Å². The topological polar surface area (TPSA) is 52.6 Å². The van der Waals surface area contributed by atoms with E-state index in [9.17, 15) is 9.59 Å². The van der Waals surface area contributed by atoms with Crippen molar-refractivity contribution in [1.82, 2.24) is 0 Å². The number of ether oxygens (including phenoxy) is 2. The van der Waals surface area contributed by atoms with Crippen LogP contribution in [0.4, 0.5) is 0 Å². The maximum atomic E-state index is 13.7. The number of esters is 2. The fourth-order valence-corrected chi connectivity index (χ4v) is 7.41. The number of hydrogen-bond donors (Lipinski definition) is 0. The maximum absolute atomic E-state index is 13.7. The second-order valence-electron chi connectivity index (χ2n) is 9.85. The third kappa shape index (κ3) is 2.21. The zero-order valence-electron chi connectivity index (χ0n) is 20.0. The first kappa shape index (κ1) is 21.1. The average molecular weight is 473 g/mol. The summed E-state index contributed by atoms with van der Waals surface area (Å²) in [6, 6.07) is 29.0. The van der Waals surface area contributed by atoms with Crippen LogP contribution in [-0.2, 0) is 19.1 Å². The highest BCUT2D eigenvalue weighted by atomic mass is 16.5. The monoisotopic (exact) mass is 472 g/mol. The molecule has 0 aliphatic heterocycles. The zero-order valence-corrected chi connectivity index (χ0v) is 20.0. The molecule has 0 unspecified atom stereocenters. The van der Waals surface area contributed by atoms with Crippen molar-refractivity contribution < 1.29 is 19.1 Å². The molecule has 4 aromatic carbocycles. The molecule has 0 N–H and O–H groups in total. The van der Waals surface area contributed by atoms with Gasteiger partial charge in [0.2, 0.25) is 0 Å². The molecule has 0 amide bonds. The summed E-state index contributed by atoms with van der Waals surface area (Å²) < 4.78 is 10.7. The maximum Gasteiger partial charge on any atom is 0.317 e. The van der Waals surface area contributed by atoms with Gasteiger partial charge in [-0.1, -0.05) is 97.1 Å². The molecule has 4 aromatic rings. The van der Waals surface area contributed by atoms with Crippen LogP contribution in [0.1, 0.15) is 23.0 Å². The van der Waals surface area contributed by atoms with Crippen molar-refractivity contribution in [2.45, 2.75) is 11.8 Å². The molecule has 4 nitrogen and oxygen atoms in total. The van der Waals surface area contributed by atoms with Crippen LogP contribution in [0.25, 0.3) is 33.0 Å². The van der Waals surface area contributed by atoms with Crippen LogP contribution in [0.15, 0.2) is 97.1 Å². The molecule has 0 spiro atoms. The van der Waals surface area contributed by atoms with Crippen molar-refractivity contribution in [3.63, 3.8) is 0 Å². The van der Waals surface area contributed by atoms with Crippen molar-refractivity contribution in [3.05, 3.63) is 108 Å². The van der Waals surface area contributed by atoms with Crippen molar-refractivity contribution in [1.29, 1.82) is 0 Å². The fraction of sp³-hybridized carbons (Fsp3) is 0.188. The predicted octanol–water partition coefficient (Wildman–Crippen LogP) is 6.26. The molecule has 0 aromatic heterocycles. The van der Waals surface area contributed by atoms with E-state index in [1.807, 2.05) is 54.6 Å². The molecule has 4 atom stereocenters. The molecule has 0 radical (unpaired) electrons. The van der Waals surface area contributed by atoms with Gasteiger partial charge >= 0.3 is 11.9 Å². The molecule has 0 bridgehead atoms.